The predicted molar refractivity (Wildman–Crippen MR) is 104 cm³/mol. The zero-order valence-corrected chi connectivity index (χ0v) is 15.5. The third-order valence-electron chi connectivity index (χ3n) is 4.60. The molecular formula is C17H27IN4. The molecule has 4 nitrogen and oxygen atoms in total. The molecule has 0 aliphatic carbocycles. The van der Waals surface area contributed by atoms with Crippen LogP contribution in [0.4, 0.5) is 5.69 Å². The fraction of sp³-hybridized carbons (Fsp3) is 0.588. The lowest BCUT2D eigenvalue weighted by Crippen LogP contribution is -2.41. The summed E-state index contributed by atoms with van der Waals surface area (Å²) >= 11 is 0. The second-order valence-corrected chi connectivity index (χ2v) is 6.18. The van der Waals surface area contributed by atoms with Crippen LogP contribution in [0.1, 0.15) is 25.7 Å². The lowest BCUT2D eigenvalue weighted by molar-refractivity contribution is 0.337. The smallest absolute Gasteiger partial charge is 0.191 e. The molecule has 0 bridgehead atoms. The second kappa shape index (κ2) is 8.60. The predicted octanol–water partition coefficient (Wildman–Crippen LogP) is 2.93. The van der Waals surface area contributed by atoms with Gasteiger partial charge in [0.2, 0.25) is 0 Å². The Labute approximate surface area is 150 Å². The molecule has 1 aromatic rings. The van der Waals surface area contributed by atoms with E-state index in [1.54, 1.807) is 0 Å². The fourth-order valence-electron chi connectivity index (χ4n) is 3.30. The molecule has 0 radical (unpaired) electrons. The van der Waals surface area contributed by atoms with Crippen LogP contribution in [0.5, 0.6) is 0 Å². The molecule has 0 amide bonds. The second-order valence-electron chi connectivity index (χ2n) is 6.18. The number of aliphatic imine (C=N–C) groups is 1. The van der Waals surface area contributed by atoms with Crippen LogP contribution in [-0.2, 0) is 0 Å². The summed E-state index contributed by atoms with van der Waals surface area (Å²) in [4.78, 5) is 9.35. The molecule has 2 heterocycles. The first-order chi connectivity index (χ1) is 10.3. The molecule has 0 saturated carbocycles. The van der Waals surface area contributed by atoms with Gasteiger partial charge in [0, 0.05) is 38.4 Å². The number of hydrogen-bond donors (Lipinski definition) is 1. The molecule has 0 aromatic heterocycles. The zero-order chi connectivity index (χ0) is 14.5. The van der Waals surface area contributed by atoms with Gasteiger partial charge in [-0.2, -0.15) is 0 Å². The van der Waals surface area contributed by atoms with Gasteiger partial charge in [-0.15, -0.1) is 24.0 Å². The monoisotopic (exact) mass is 414 g/mol. The van der Waals surface area contributed by atoms with Crippen molar-refractivity contribution in [3.8, 4) is 0 Å². The van der Waals surface area contributed by atoms with Gasteiger partial charge in [0.1, 0.15) is 0 Å². The lowest BCUT2D eigenvalue weighted by atomic mass is 10.1. The van der Waals surface area contributed by atoms with Gasteiger partial charge in [-0.25, -0.2) is 0 Å². The molecule has 122 valence electrons. The number of halogens is 1. The highest BCUT2D eigenvalue weighted by atomic mass is 127. The molecule has 2 N–H and O–H groups in total. The van der Waals surface area contributed by atoms with Crippen LogP contribution < -0.4 is 10.6 Å². The molecule has 2 aliphatic heterocycles. The van der Waals surface area contributed by atoms with Crippen LogP contribution in [0.3, 0.4) is 0 Å². The minimum Gasteiger partial charge on any atom is -0.371 e. The summed E-state index contributed by atoms with van der Waals surface area (Å²) in [6.45, 7) is 5.26. The van der Waals surface area contributed by atoms with Crippen LogP contribution in [0, 0.1) is 5.92 Å². The third-order valence-corrected chi connectivity index (χ3v) is 4.60. The molecule has 2 fully saturated rings. The molecule has 1 unspecified atom stereocenters. The van der Waals surface area contributed by atoms with Crippen LogP contribution in [0.2, 0.25) is 0 Å². The Morgan fingerprint density at radius 1 is 1.09 bits per heavy atom. The Hall–Kier alpha value is -0.980. The van der Waals surface area contributed by atoms with E-state index in [1.807, 2.05) is 0 Å². The largest absolute Gasteiger partial charge is 0.371 e. The Kier molecular flexibility index (Phi) is 6.79. The van der Waals surface area contributed by atoms with Crippen molar-refractivity contribution in [2.24, 2.45) is 16.6 Å². The van der Waals surface area contributed by atoms with Crippen LogP contribution in [0.25, 0.3) is 0 Å². The number of para-hydroxylation sites is 1. The minimum atomic E-state index is 0. The fourth-order valence-corrected chi connectivity index (χ4v) is 3.30. The maximum Gasteiger partial charge on any atom is 0.191 e. The molecule has 5 heteroatoms. The van der Waals surface area contributed by atoms with Crippen molar-refractivity contribution in [3.63, 3.8) is 0 Å². The number of hydrogen-bond acceptors (Lipinski definition) is 2. The molecule has 2 saturated heterocycles. The van der Waals surface area contributed by atoms with Crippen molar-refractivity contribution in [2.45, 2.75) is 25.7 Å². The van der Waals surface area contributed by atoms with E-state index in [0.717, 1.165) is 38.7 Å². The van der Waals surface area contributed by atoms with Gasteiger partial charge in [-0.3, -0.25) is 4.99 Å². The average molecular weight is 414 g/mol. The van der Waals surface area contributed by atoms with Crippen LogP contribution in [-0.4, -0.2) is 43.6 Å². The summed E-state index contributed by atoms with van der Waals surface area (Å²) in [5, 5.41) is 0. The zero-order valence-electron chi connectivity index (χ0n) is 13.2. The summed E-state index contributed by atoms with van der Waals surface area (Å²) in [6, 6.07) is 10.7. The molecular weight excluding hydrogens is 387 g/mol. The van der Waals surface area contributed by atoms with Crippen molar-refractivity contribution < 1.29 is 0 Å². The lowest BCUT2D eigenvalue weighted by Gasteiger charge is -2.27. The van der Waals surface area contributed by atoms with Gasteiger partial charge < -0.3 is 15.5 Å². The SMILES string of the molecule is I.NC(=NCC1CCN(c2ccccc2)C1)N1CCCCC1. The number of nitrogens with two attached hydrogens (primary N) is 1. The molecule has 1 aromatic carbocycles. The van der Waals surface area contributed by atoms with Crippen LogP contribution >= 0.6 is 24.0 Å². The standard InChI is InChI=1S/C17H26N4.HI/c18-17(20-10-5-2-6-11-20)19-13-15-9-12-21(14-15)16-7-3-1-4-8-16;/h1,3-4,7-8,15H,2,5-6,9-14H2,(H2,18,19);1H. The maximum absolute atomic E-state index is 6.13. The first-order valence-electron chi connectivity index (χ1n) is 8.18. The number of piperidine rings is 1. The number of anilines is 1. The summed E-state index contributed by atoms with van der Waals surface area (Å²) in [6.07, 6.45) is 5.05. The van der Waals surface area contributed by atoms with Gasteiger partial charge in [0.15, 0.2) is 5.96 Å². The number of guanidine groups is 1. The van der Waals surface area contributed by atoms with Crippen molar-refractivity contribution in [1.82, 2.24) is 4.90 Å². The third kappa shape index (κ3) is 4.51. The van der Waals surface area contributed by atoms with Gasteiger partial charge in [0.05, 0.1) is 0 Å². The Bertz CT molecular complexity index is 471. The van der Waals surface area contributed by atoms with Crippen LogP contribution in [0.15, 0.2) is 35.3 Å². The quantitative estimate of drug-likeness (QED) is 0.470. The number of nitrogens with zero attached hydrogens (tertiary/aromatic N) is 3. The highest BCUT2D eigenvalue weighted by Gasteiger charge is 2.22. The van der Waals surface area contributed by atoms with Gasteiger partial charge in [0.25, 0.3) is 0 Å². The number of rotatable bonds is 3. The van der Waals surface area contributed by atoms with Gasteiger partial charge in [-0.05, 0) is 43.7 Å². The van der Waals surface area contributed by atoms with Crippen molar-refractivity contribution in [2.75, 3.05) is 37.6 Å². The normalized spacial score (nSPS) is 22.5. The summed E-state index contributed by atoms with van der Waals surface area (Å²) in [7, 11) is 0. The first-order valence-corrected chi connectivity index (χ1v) is 8.18. The van der Waals surface area contributed by atoms with Crippen molar-refractivity contribution >= 4 is 35.6 Å². The maximum atomic E-state index is 6.13. The van der Waals surface area contributed by atoms with E-state index in [4.69, 9.17) is 5.73 Å². The van der Waals surface area contributed by atoms with Gasteiger partial charge in [-0.1, -0.05) is 18.2 Å². The highest BCUT2D eigenvalue weighted by molar-refractivity contribution is 14.0. The molecule has 1 atom stereocenters. The van der Waals surface area contributed by atoms with Crippen molar-refractivity contribution in [1.29, 1.82) is 0 Å². The van der Waals surface area contributed by atoms with E-state index in [9.17, 15) is 0 Å². The van der Waals surface area contributed by atoms with E-state index < -0.39 is 0 Å². The van der Waals surface area contributed by atoms with E-state index >= 15 is 0 Å². The topological polar surface area (TPSA) is 44.9 Å². The molecule has 0 spiro atoms. The summed E-state index contributed by atoms with van der Waals surface area (Å²) in [5.74, 6) is 1.39. The number of benzene rings is 1. The Morgan fingerprint density at radius 3 is 2.55 bits per heavy atom. The summed E-state index contributed by atoms with van der Waals surface area (Å²) in [5.41, 5.74) is 7.46. The van der Waals surface area contributed by atoms with E-state index in [0.29, 0.717) is 5.92 Å². The van der Waals surface area contributed by atoms with E-state index in [1.165, 1.54) is 31.4 Å². The molecule has 3 rings (SSSR count). The Morgan fingerprint density at radius 2 is 1.82 bits per heavy atom. The van der Waals surface area contributed by atoms with Gasteiger partial charge >= 0.3 is 0 Å². The minimum absolute atomic E-state index is 0. The highest BCUT2D eigenvalue weighted by Crippen LogP contribution is 2.23. The molecule has 22 heavy (non-hydrogen) atoms. The number of likely N-dealkylation sites (tertiary alicyclic amines) is 1. The first kappa shape index (κ1) is 17.4. The van der Waals surface area contributed by atoms with E-state index in [-0.39, 0.29) is 24.0 Å². The summed E-state index contributed by atoms with van der Waals surface area (Å²) < 4.78 is 0. The molecule has 2 aliphatic rings. The van der Waals surface area contributed by atoms with Crippen molar-refractivity contribution in [3.05, 3.63) is 30.3 Å². The average Bonchev–Trinajstić information content (AvgIpc) is 3.03. The van der Waals surface area contributed by atoms with E-state index in [2.05, 4.69) is 45.1 Å². The Balaban J connectivity index is 0.00000176.